The predicted octanol–water partition coefficient (Wildman–Crippen LogP) is 2.85. The van der Waals surface area contributed by atoms with Crippen LogP contribution in [0.25, 0.3) is 0 Å². The van der Waals surface area contributed by atoms with Gasteiger partial charge in [-0.05, 0) is 49.4 Å². The Morgan fingerprint density at radius 2 is 1.95 bits per heavy atom. The third kappa shape index (κ3) is 3.93. The van der Waals surface area contributed by atoms with E-state index in [1.165, 1.54) is 51.5 Å². The second kappa shape index (κ2) is 7.61. The molecule has 0 aromatic heterocycles. The summed E-state index contributed by atoms with van der Waals surface area (Å²) in [6, 6.07) is 0. The van der Waals surface area contributed by atoms with Crippen molar-refractivity contribution in [3.05, 3.63) is 0 Å². The summed E-state index contributed by atoms with van der Waals surface area (Å²) in [6.45, 7) is 3.94. The largest absolute Gasteiger partial charge is 0.385 e. The normalized spacial score (nSPS) is 33.2. The lowest BCUT2D eigenvalue weighted by Gasteiger charge is -2.38. The van der Waals surface area contributed by atoms with Crippen LogP contribution in [0.1, 0.15) is 44.9 Å². The van der Waals surface area contributed by atoms with E-state index in [1.54, 1.807) is 14.2 Å². The number of nitrogens with one attached hydrogen (secondary N) is 1. The molecule has 3 nitrogen and oxygen atoms in total. The Labute approximate surface area is 118 Å². The maximum atomic E-state index is 5.18. The molecule has 3 unspecified atom stereocenters. The lowest BCUT2D eigenvalue weighted by atomic mass is 9.70. The van der Waals surface area contributed by atoms with Crippen LogP contribution >= 0.6 is 0 Å². The molecule has 2 fully saturated rings. The van der Waals surface area contributed by atoms with Gasteiger partial charge in [-0.3, -0.25) is 0 Å². The molecule has 0 spiro atoms. The molecule has 0 amide bonds. The maximum absolute atomic E-state index is 5.18. The summed E-state index contributed by atoms with van der Waals surface area (Å²) in [5, 5.41) is 3.64. The molecule has 2 aliphatic carbocycles. The molecular formula is C16H31NO2. The highest BCUT2D eigenvalue weighted by Gasteiger charge is 2.49. The fourth-order valence-electron chi connectivity index (χ4n) is 4.40. The van der Waals surface area contributed by atoms with Gasteiger partial charge in [0.15, 0.2) is 0 Å². The van der Waals surface area contributed by atoms with E-state index in [9.17, 15) is 0 Å². The Morgan fingerprint density at radius 3 is 2.58 bits per heavy atom. The monoisotopic (exact) mass is 269 g/mol. The zero-order valence-electron chi connectivity index (χ0n) is 12.7. The van der Waals surface area contributed by atoms with E-state index in [-0.39, 0.29) is 0 Å². The first-order valence-corrected chi connectivity index (χ1v) is 7.99. The van der Waals surface area contributed by atoms with Crippen molar-refractivity contribution >= 4 is 0 Å². The molecule has 2 aliphatic rings. The van der Waals surface area contributed by atoms with E-state index in [2.05, 4.69) is 5.32 Å². The highest BCUT2D eigenvalue weighted by Crippen LogP contribution is 2.57. The van der Waals surface area contributed by atoms with E-state index in [4.69, 9.17) is 9.47 Å². The summed E-state index contributed by atoms with van der Waals surface area (Å²) < 4.78 is 10.3. The number of methoxy groups -OCH3 is 2. The van der Waals surface area contributed by atoms with Gasteiger partial charge < -0.3 is 14.8 Å². The molecule has 0 saturated heterocycles. The molecule has 0 aliphatic heterocycles. The fraction of sp³-hybridized carbons (Fsp3) is 1.00. The number of hydrogen-bond acceptors (Lipinski definition) is 3. The van der Waals surface area contributed by atoms with Gasteiger partial charge in [-0.25, -0.2) is 0 Å². The maximum Gasteiger partial charge on any atom is 0.0587 e. The Hall–Kier alpha value is -0.120. The summed E-state index contributed by atoms with van der Waals surface area (Å²) in [5.41, 5.74) is 0.588. The van der Waals surface area contributed by atoms with Gasteiger partial charge in [0.1, 0.15) is 0 Å². The highest BCUT2D eigenvalue weighted by molar-refractivity contribution is 5.01. The minimum absolute atomic E-state index is 0.588. The second-order valence-electron chi connectivity index (χ2n) is 6.56. The van der Waals surface area contributed by atoms with E-state index in [0.717, 1.165) is 31.6 Å². The lowest BCUT2D eigenvalue weighted by Crippen LogP contribution is -2.39. The Balaban J connectivity index is 1.79. The molecule has 0 aromatic carbocycles. The van der Waals surface area contributed by atoms with E-state index in [0.29, 0.717) is 5.41 Å². The number of hydrogen-bond donors (Lipinski definition) is 1. The topological polar surface area (TPSA) is 30.5 Å². The molecule has 0 aromatic rings. The average molecular weight is 269 g/mol. The van der Waals surface area contributed by atoms with Crippen LogP contribution in [0.2, 0.25) is 0 Å². The molecule has 2 saturated carbocycles. The van der Waals surface area contributed by atoms with Crippen molar-refractivity contribution in [2.45, 2.75) is 44.9 Å². The van der Waals surface area contributed by atoms with Crippen LogP contribution < -0.4 is 5.32 Å². The zero-order valence-corrected chi connectivity index (χ0v) is 12.7. The smallest absolute Gasteiger partial charge is 0.0587 e. The fourth-order valence-corrected chi connectivity index (χ4v) is 4.40. The Bertz CT molecular complexity index is 245. The molecule has 1 N–H and O–H groups in total. The van der Waals surface area contributed by atoms with Gasteiger partial charge in [0.2, 0.25) is 0 Å². The van der Waals surface area contributed by atoms with Crippen molar-refractivity contribution in [2.24, 2.45) is 17.3 Å². The van der Waals surface area contributed by atoms with Crippen molar-refractivity contribution in [3.63, 3.8) is 0 Å². The summed E-state index contributed by atoms with van der Waals surface area (Å²) in [5.74, 6) is 2.01. The van der Waals surface area contributed by atoms with Crippen molar-refractivity contribution in [3.8, 4) is 0 Å². The average Bonchev–Trinajstić information content (AvgIpc) is 3.01. The van der Waals surface area contributed by atoms with Gasteiger partial charge in [0.05, 0.1) is 6.61 Å². The van der Waals surface area contributed by atoms with Crippen LogP contribution in [0.3, 0.4) is 0 Å². The summed E-state index contributed by atoms with van der Waals surface area (Å²) in [4.78, 5) is 0. The highest BCUT2D eigenvalue weighted by atomic mass is 16.5. The zero-order chi connectivity index (χ0) is 13.6. The number of unbranched alkanes of at least 4 members (excludes halogenated alkanes) is 1. The van der Waals surface area contributed by atoms with Gasteiger partial charge in [-0.2, -0.15) is 0 Å². The van der Waals surface area contributed by atoms with Crippen molar-refractivity contribution in [1.29, 1.82) is 0 Å². The third-order valence-corrected chi connectivity index (χ3v) is 5.34. The van der Waals surface area contributed by atoms with E-state index in [1.807, 2.05) is 0 Å². The molecular weight excluding hydrogens is 238 g/mol. The van der Waals surface area contributed by atoms with Gasteiger partial charge in [0.25, 0.3) is 0 Å². The molecule has 3 atom stereocenters. The lowest BCUT2D eigenvalue weighted by molar-refractivity contribution is 0.123. The third-order valence-electron chi connectivity index (χ3n) is 5.34. The van der Waals surface area contributed by atoms with Gasteiger partial charge in [-0.1, -0.05) is 12.8 Å². The number of ether oxygens (including phenoxy) is 2. The van der Waals surface area contributed by atoms with Crippen LogP contribution in [-0.4, -0.2) is 40.5 Å². The van der Waals surface area contributed by atoms with E-state index < -0.39 is 0 Å². The van der Waals surface area contributed by atoms with Crippen LogP contribution in [0.4, 0.5) is 0 Å². The summed E-state index contributed by atoms with van der Waals surface area (Å²) >= 11 is 0. The first kappa shape index (κ1) is 15.3. The molecule has 3 heteroatoms. The first-order chi connectivity index (χ1) is 9.30. The van der Waals surface area contributed by atoms with Crippen LogP contribution in [-0.2, 0) is 9.47 Å². The van der Waals surface area contributed by atoms with Crippen LogP contribution in [0.15, 0.2) is 0 Å². The quantitative estimate of drug-likeness (QED) is 0.619. The standard InChI is InChI=1S/C16H31NO2/c1-18-9-4-3-7-16(13-17-8-10-19-2)12-14-5-6-15(16)11-14/h14-15,17H,3-13H2,1-2H3. The predicted molar refractivity (Wildman–Crippen MR) is 78.4 cm³/mol. The second-order valence-corrected chi connectivity index (χ2v) is 6.56. The first-order valence-electron chi connectivity index (χ1n) is 7.99. The number of fused-ring (bicyclic) bond motifs is 2. The molecule has 19 heavy (non-hydrogen) atoms. The van der Waals surface area contributed by atoms with Gasteiger partial charge in [-0.15, -0.1) is 0 Å². The van der Waals surface area contributed by atoms with Gasteiger partial charge in [0, 0.05) is 33.9 Å². The minimum Gasteiger partial charge on any atom is -0.385 e. The molecule has 112 valence electrons. The number of rotatable bonds is 10. The molecule has 2 rings (SSSR count). The van der Waals surface area contributed by atoms with Crippen LogP contribution in [0.5, 0.6) is 0 Å². The van der Waals surface area contributed by atoms with Crippen molar-refractivity contribution in [1.82, 2.24) is 5.32 Å². The van der Waals surface area contributed by atoms with Crippen molar-refractivity contribution < 1.29 is 9.47 Å². The molecule has 0 radical (unpaired) electrons. The molecule has 2 bridgehead atoms. The molecule has 0 heterocycles. The summed E-state index contributed by atoms with van der Waals surface area (Å²) in [7, 11) is 3.58. The van der Waals surface area contributed by atoms with Crippen LogP contribution in [0, 0.1) is 17.3 Å². The SMILES string of the molecule is COCCCCC1(CNCCOC)CC2CCC1C2. The van der Waals surface area contributed by atoms with Crippen molar-refractivity contribution in [2.75, 3.05) is 40.5 Å². The minimum atomic E-state index is 0.588. The van der Waals surface area contributed by atoms with Gasteiger partial charge >= 0.3 is 0 Å². The Kier molecular flexibility index (Phi) is 6.11. The summed E-state index contributed by atoms with van der Waals surface area (Å²) in [6.07, 6.45) is 9.85. The Morgan fingerprint density at radius 1 is 1.11 bits per heavy atom. The van der Waals surface area contributed by atoms with E-state index >= 15 is 0 Å².